The summed E-state index contributed by atoms with van der Waals surface area (Å²) < 4.78 is 32.8. The summed E-state index contributed by atoms with van der Waals surface area (Å²) in [6, 6.07) is 8.32. The van der Waals surface area contributed by atoms with E-state index in [0.29, 0.717) is 37.4 Å². The van der Waals surface area contributed by atoms with Crippen molar-refractivity contribution < 1.29 is 27.9 Å². The van der Waals surface area contributed by atoms with Crippen LogP contribution in [0.5, 0.6) is 5.75 Å². The number of ether oxygens (including phenoxy) is 1. The lowest BCUT2D eigenvalue weighted by Gasteiger charge is -2.33. The van der Waals surface area contributed by atoms with Crippen molar-refractivity contribution in [1.29, 1.82) is 0 Å². The second-order valence-corrected chi connectivity index (χ2v) is 9.19. The van der Waals surface area contributed by atoms with Crippen LogP contribution in [0.15, 0.2) is 41.3 Å². The highest BCUT2D eigenvalue weighted by Gasteiger charge is 2.26. The fourth-order valence-electron chi connectivity index (χ4n) is 3.48. The number of nitrogens with zero attached hydrogens (tertiary/aromatic N) is 1. The van der Waals surface area contributed by atoms with Crippen molar-refractivity contribution in [1.82, 2.24) is 0 Å². The molecule has 0 spiro atoms. The number of nitrogens with one attached hydrogen (secondary N) is 1. The maximum Gasteiger partial charge on any atom is 0.337 e. The molecular formula is C20H22ClN3O6S. The highest BCUT2D eigenvalue weighted by atomic mass is 35.5. The summed E-state index contributed by atoms with van der Waals surface area (Å²) in [5.74, 6) is -1.45. The number of anilines is 2. The Labute approximate surface area is 184 Å². The first-order valence-corrected chi connectivity index (χ1v) is 11.3. The summed E-state index contributed by atoms with van der Waals surface area (Å²) in [7, 11) is -2.59. The lowest BCUT2D eigenvalue weighted by molar-refractivity contribution is -0.122. The summed E-state index contributed by atoms with van der Waals surface area (Å²) in [5.41, 5.74) is 5.85. The van der Waals surface area contributed by atoms with Gasteiger partial charge < -0.3 is 20.5 Å². The van der Waals surface area contributed by atoms with E-state index in [1.807, 2.05) is 4.90 Å². The minimum Gasteiger partial charge on any atom is -0.495 e. The number of methoxy groups -OCH3 is 1. The molecule has 166 valence electrons. The zero-order valence-electron chi connectivity index (χ0n) is 16.7. The SMILES string of the molecule is COc1ccc(S(=O)(=O)Nc2ccc(N3CCC(C(N)=O)CC3)c(C(=O)O)c2)cc1Cl. The number of halogens is 1. The Kier molecular flexibility index (Phi) is 6.61. The number of carboxylic acid groups (broad SMARTS) is 1. The molecule has 31 heavy (non-hydrogen) atoms. The van der Waals surface area contributed by atoms with E-state index in [-0.39, 0.29) is 33.0 Å². The number of nitrogens with two attached hydrogens (primary N) is 1. The first-order valence-electron chi connectivity index (χ1n) is 9.40. The third kappa shape index (κ3) is 5.02. The number of hydrogen-bond donors (Lipinski definition) is 3. The van der Waals surface area contributed by atoms with Crippen molar-refractivity contribution in [2.24, 2.45) is 11.7 Å². The van der Waals surface area contributed by atoms with E-state index in [0.717, 1.165) is 0 Å². The van der Waals surface area contributed by atoms with E-state index in [2.05, 4.69) is 4.72 Å². The molecular weight excluding hydrogens is 446 g/mol. The Morgan fingerprint density at radius 3 is 2.42 bits per heavy atom. The number of sulfonamides is 1. The average molecular weight is 468 g/mol. The average Bonchev–Trinajstić information content (AvgIpc) is 2.73. The molecule has 0 radical (unpaired) electrons. The van der Waals surface area contributed by atoms with Gasteiger partial charge in [0.15, 0.2) is 0 Å². The van der Waals surface area contributed by atoms with Gasteiger partial charge in [0, 0.05) is 24.7 Å². The summed E-state index contributed by atoms with van der Waals surface area (Å²) in [5, 5.41) is 9.79. The van der Waals surface area contributed by atoms with Gasteiger partial charge in [-0.3, -0.25) is 9.52 Å². The fraction of sp³-hybridized carbons (Fsp3) is 0.300. The molecule has 2 aromatic rings. The zero-order valence-corrected chi connectivity index (χ0v) is 18.2. The maximum absolute atomic E-state index is 12.7. The van der Waals surface area contributed by atoms with E-state index in [9.17, 15) is 23.1 Å². The van der Waals surface area contributed by atoms with Crippen molar-refractivity contribution in [2.75, 3.05) is 29.8 Å². The van der Waals surface area contributed by atoms with Crippen LogP contribution in [0.3, 0.4) is 0 Å². The predicted molar refractivity (Wildman–Crippen MR) is 116 cm³/mol. The van der Waals surface area contributed by atoms with Crippen molar-refractivity contribution >= 4 is 44.9 Å². The molecule has 2 aromatic carbocycles. The third-order valence-electron chi connectivity index (χ3n) is 5.15. The summed E-state index contributed by atoms with van der Waals surface area (Å²) in [6.45, 7) is 0.951. The van der Waals surface area contributed by atoms with E-state index < -0.39 is 16.0 Å². The number of benzene rings is 2. The zero-order chi connectivity index (χ0) is 22.8. The molecule has 1 aliphatic heterocycles. The molecule has 0 aliphatic carbocycles. The van der Waals surface area contributed by atoms with E-state index in [4.69, 9.17) is 22.1 Å². The number of carboxylic acids is 1. The minimum absolute atomic E-state index is 0.0505. The van der Waals surface area contributed by atoms with Crippen molar-refractivity contribution in [3.63, 3.8) is 0 Å². The topological polar surface area (TPSA) is 139 Å². The molecule has 0 unspecified atom stereocenters. The van der Waals surface area contributed by atoms with Gasteiger partial charge in [-0.1, -0.05) is 11.6 Å². The van der Waals surface area contributed by atoms with Gasteiger partial charge in [-0.25, -0.2) is 13.2 Å². The predicted octanol–water partition coefficient (Wildman–Crippen LogP) is 2.55. The molecule has 3 rings (SSSR count). The van der Waals surface area contributed by atoms with Crippen LogP contribution in [0.25, 0.3) is 0 Å². The van der Waals surface area contributed by atoms with Crippen LogP contribution in [-0.2, 0) is 14.8 Å². The number of piperidine rings is 1. The number of primary amides is 1. The van der Waals surface area contributed by atoms with Crippen LogP contribution in [0.4, 0.5) is 11.4 Å². The summed E-state index contributed by atoms with van der Waals surface area (Å²) in [6.07, 6.45) is 1.06. The van der Waals surface area contributed by atoms with Crippen molar-refractivity contribution in [3.05, 3.63) is 47.0 Å². The highest BCUT2D eigenvalue weighted by molar-refractivity contribution is 7.92. The molecule has 4 N–H and O–H groups in total. The molecule has 0 aromatic heterocycles. The Balaban J connectivity index is 1.85. The Hall–Kier alpha value is -2.98. The first kappa shape index (κ1) is 22.7. The van der Waals surface area contributed by atoms with Gasteiger partial charge in [0.1, 0.15) is 5.75 Å². The Bertz CT molecular complexity index is 1110. The van der Waals surface area contributed by atoms with Gasteiger partial charge >= 0.3 is 5.97 Å². The lowest BCUT2D eigenvalue weighted by atomic mass is 9.95. The van der Waals surface area contributed by atoms with Crippen LogP contribution >= 0.6 is 11.6 Å². The normalized spacial score (nSPS) is 14.8. The third-order valence-corrected chi connectivity index (χ3v) is 6.83. The summed E-state index contributed by atoms with van der Waals surface area (Å²) in [4.78, 5) is 24.9. The van der Waals surface area contributed by atoms with E-state index in [1.165, 1.54) is 37.4 Å². The number of aromatic carboxylic acids is 1. The van der Waals surface area contributed by atoms with Gasteiger partial charge in [-0.2, -0.15) is 0 Å². The smallest absolute Gasteiger partial charge is 0.337 e. The van der Waals surface area contributed by atoms with Gasteiger partial charge in [0.25, 0.3) is 10.0 Å². The van der Waals surface area contributed by atoms with Gasteiger partial charge in [-0.05, 0) is 49.2 Å². The Morgan fingerprint density at radius 2 is 1.87 bits per heavy atom. The molecule has 11 heteroatoms. The molecule has 9 nitrogen and oxygen atoms in total. The molecule has 1 fully saturated rings. The molecule has 0 atom stereocenters. The second-order valence-electron chi connectivity index (χ2n) is 7.10. The van der Waals surface area contributed by atoms with Crippen molar-refractivity contribution in [2.45, 2.75) is 17.7 Å². The lowest BCUT2D eigenvalue weighted by Crippen LogP contribution is -2.39. The number of carbonyl (C=O) groups excluding carboxylic acids is 1. The molecule has 1 heterocycles. The monoisotopic (exact) mass is 467 g/mol. The number of carbonyl (C=O) groups is 2. The van der Waals surface area contributed by atoms with Crippen LogP contribution in [0, 0.1) is 5.92 Å². The van der Waals surface area contributed by atoms with Crippen LogP contribution in [0.2, 0.25) is 5.02 Å². The van der Waals surface area contributed by atoms with Gasteiger partial charge in [0.2, 0.25) is 5.91 Å². The Morgan fingerprint density at radius 1 is 1.19 bits per heavy atom. The summed E-state index contributed by atoms with van der Waals surface area (Å²) >= 11 is 6.01. The fourth-order valence-corrected chi connectivity index (χ4v) is 4.88. The molecule has 1 saturated heterocycles. The van der Waals surface area contributed by atoms with Crippen LogP contribution < -0.4 is 20.1 Å². The first-order chi connectivity index (χ1) is 14.6. The molecule has 1 aliphatic rings. The number of rotatable bonds is 7. The van der Waals surface area contributed by atoms with Crippen LogP contribution in [-0.4, -0.2) is 45.6 Å². The second kappa shape index (κ2) is 9.03. The van der Waals surface area contributed by atoms with E-state index >= 15 is 0 Å². The number of amides is 1. The highest BCUT2D eigenvalue weighted by Crippen LogP contribution is 2.31. The van der Waals surface area contributed by atoms with Gasteiger partial charge in [0.05, 0.1) is 28.3 Å². The standard InChI is InChI=1S/C20H22ClN3O6S/c1-30-18-5-3-14(11-16(18)21)31(28,29)23-13-2-4-17(15(10-13)20(26)27)24-8-6-12(7-9-24)19(22)25/h2-5,10-12,23H,6-9H2,1H3,(H2,22,25)(H,26,27). The number of hydrogen-bond acceptors (Lipinski definition) is 6. The van der Waals surface area contributed by atoms with Gasteiger partial charge in [-0.15, -0.1) is 0 Å². The molecule has 0 bridgehead atoms. The minimum atomic E-state index is -4.01. The van der Waals surface area contributed by atoms with E-state index in [1.54, 1.807) is 6.07 Å². The maximum atomic E-state index is 12.7. The van der Waals surface area contributed by atoms with Crippen LogP contribution in [0.1, 0.15) is 23.2 Å². The van der Waals surface area contributed by atoms with Crippen molar-refractivity contribution in [3.8, 4) is 5.75 Å². The quantitative estimate of drug-likeness (QED) is 0.568. The largest absolute Gasteiger partial charge is 0.495 e. The molecule has 1 amide bonds. The molecule has 0 saturated carbocycles.